The van der Waals surface area contributed by atoms with Crippen LogP contribution in [0.5, 0.6) is 0 Å². The maximum Gasteiger partial charge on any atom is 0.323 e. The summed E-state index contributed by atoms with van der Waals surface area (Å²) in [6.45, 7) is 3.06. The van der Waals surface area contributed by atoms with Gasteiger partial charge in [0.25, 0.3) is 5.69 Å². The van der Waals surface area contributed by atoms with Crippen molar-refractivity contribution >= 4 is 17.6 Å². The second-order valence-electron chi connectivity index (χ2n) is 4.02. The van der Waals surface area contributed by atoms with Crippen LogP contribution in [0.4, 0.5) is 5.69 Å². The Labute approximate surface area is 115 Å². The van der Waals surface area contributed by atoms with E-state index >= 15 is 0 Å². The Hall–Kier alpha value is -2.70. The van der Waals surface area contributed by atoms with Gasteiger partial charge in [-0.25, -0.2) is 0 Å². The number of nitro groups is 1. The van der Waals surface area contributed by atoms with Gasteiger partial charge in [0.1, 0.15) is 6.54 Å². The van der Waals surface area contributed by atoms with Gasteiger partial charge in [-0.05, 0) is 0 Å². The molecule has 0 heterocycles. The van der Waals surface area contributed by atoms with Crippen molar-refractivity contribution in [1.82, 2.24) is 4.90 Å². The van der Waals surface area contributed by atoms with E-state index in [4.69, 9.17) is 5.11 Å². The van der Waals surface area contributed by atoms with Crippen LogP contribution >= 0.6 is 0 Å². The number of carboxylic acid groups (broad SMARTS) is 1. The van der Waals surface area contributed by atoms with Gasteiger partial charge in [0.15, 0.2) is 0 Å². The predicted octanol–water partition coefficient (Wildman–Crippen LogP) is 1.24. The number of aliphatic carboxylic acids is 1. The van der Waals surface area contributed by atoms with Crippen molar-refractivity contribution in [3.63, 3.8) is 0 Å². The van der Waals surface area contributed by atoms with E-state index in [9.17, 15) is 19.7 Å². The summed E-state index contributed by atoms with van der Waals surface area (Å²) in [4.78, 5) is 34.0. The van der Waals surface area contributed by atoms with Gasteiger partial charge >= 0.3 is 5.97 Å². The zero-order valence-electron chi connectivity index (χ0n) is 10.7. The van der Waals surface area contributed by atoms with Gasteiger partial charge in [0.2, 0.25) is 5.91 Å². The van der Waals surface area contributed by atoms with Crippen LogP contribution in [-0.4, -0.2) is 39.9 Å². The molecule has 0 fully saturated rings. The van der Waals surface area contributed by atoms with Crippen LogP contribution < -0.4 is 0 Å². The second kappa shape index (κ2) is 7.03. The van der Waals surface area contributed by atoms with E-state index in [-0.39, 0.29) is 24.2 Å². The lowest BCUT2D eigenvalue weighted by Crippen LogP contribution is -2.36. The van der Waals surface area contributed by atoms with Crippen molar-refractivity contribution in [3.05, 3.63) is 52.6 Å². The molecule has 1 aromatic rings. The van der Waals surface area contributed by atoms with Crippen molar-refractivity contribution in [2.24, 2.45) is 0 Å². The number of benzene rings is 1. The molecule has 7 nitrogen and oxygen atoms in total. The van der Waals surface area contributed by atoms with E-state index in [0.717, 1.165) is 4.90 Å². The number of hydrogen-bond acceptors (Lipinski definition) is 4. The summed E-state index contributed by atoms with van der Waals surface area (Å²) in [5.74, 6) is -1.65. The van der Waals surface area contributed by atoms with E-state index in [1.807, 2.05) is 0 Å². The second-order valence-corrected chi connectivity index (χ2v) is 4.02. The Kier molecular flexibility index (Phi) is 5.40. The number of nitrogens with zero attached hydrogens (tertiary/aromatic N) is 2. The lowest BCUT2D eigenvalue weighted by molar-refractivity contribution is -0.385. The van der Waals surface area contributed by atoms with Crippen molar-refractivity contribution < 1.29 is 19.6 Å². The van der Waals surface area contributed by atoms with E-state index in [0.29, 0.717) is 0 Å². The average Bonchev–Trinajstić information content (AvgIpc) is 2.38. The molecule has 7 heteroatoms. The molecule has 1 rings (SSSR count). The highest BCUT2D eigenvalue weighted by Crippen LogP contribution is 2.18. The zero-order chi connectivity index (χ0) is 15.1. The van der Waals surface area contributed by atoms with Crippen LogP contribution in [-0.2, 0) is 16.0 Å². The molecule has 0 aliphatic carbocycles. The first-order chi connectivity index (χ1) is 9.45. The highest BCUT2D eigenvalue weighted by atomic mass is 16.6. The molecule has 0 aliphatic heterocycles. The number of carbonyl (C=O) groups excluding carboxylic acids is 1. The topological polar surface area (TPSA) is 101 Å². The number of hydrogen-bond donors (Lipinski definition) is 1. The van der Waals surface area contributed by atoms with Gasteiger partial charge < -0.3 is 10.0 Å². The van der Waals surface area contributed by atoms with Crippen molar-refractivity contribution in [3.8, 4) is 0 Å². The fourth-order valence-corrected chi connectivity index (χ4v) is 1.69. The summed E-state index contributed by atoms with van der Waals surface area (Å²) in [6, 6.07) is 5.87. The third kappa shape index (κ3) is 4.20. The molecule has 106 valence electrons. The molecule has 1 N–H and O–H groups in total. The highest BCUT2D eigenvalue weighted by molar-refractivity contribution is 5.83. The Bertz CT molecular complexity index is 541. The number of para-hydroxylation sites is 1. The third-order valence-corrected chi connectivity index (χ3v) is 2.56. The standard InChI is InChI=1S/C13H14N2O5/c1-2-7-14(9-13(17)18)12(16)8-10-5-3-4-6-11(10)15(19)20/h2-6H,1,7-9H2,(H,17,18). The quantitative estimate of drug-likeness (QED) is 0.459. The minimum Gasteiger partial charge on any atom is -0.480 e. The summed E-state index contributed by atoms with van der Waals surface area (Å²) < 4.78 is 0. The highest BCUT2D eigenvalue weighted by Gasteiger charge is 2.20. The van der Waals surface area contributed by atoms with Gasteiger partial charge in [0.05, 0.1) is 11.3 Å². The normalized spacial score (nSPS) is 9.80. The van der Waals surface area contributed by atoms with Crippen molar-refractivity contribution in [1.29, 1.82) is 0 Å². The Morgan fingerprint density at radius 1 is 1.40 bits per heavy atom. The SMILES string of the molecule is C=CCN(CC(=O)O)C(=O)Cc1ccccc1[N+](=O)[O-]. The van der Waals surface area contributed by atoms with Crippen molar-refractivity contribution in [2.45, 2.75) is 6.42 Å². The minimum atomic E-state index is -1.15. The molecule has 0 atom stereocenters. The van der Waals surface area contributed by atoms with Gasteiger partial charge in [-0.2, -0.15) is 0 Å². The smallest absolute Gasteiger partial charge is 0.323 e. The number of carboxylic acids is 1. The zero-order valence-corrected chi connectivity index (χ0v) is 10.7. The van der Waals surface area contributed by atoms with Gasteiger partial charge in [-0.3, -0.25) is 19.7 Å². The molecule has 0 saturated heterocycles. The lowest BCUT2D eigenvalue weighted by Gasteiger charge is -2.18. The number of carbonyl (C=O) groups is 2. The Morgan fingerprint density at radius 2 is 2.05 bits per heavy atom. The van der Waals surface area contributed by atoms with Crippen LogP contribution in [0.25, 0.3) is 0 Å². The largest absolute Gasteiger partial charge is 0.480 e. The maximum atomic E-state index is 12.0. The van der Waals surface area contributed by atoms with Gasteiger partial charge in [0, 0.05) is 18.2 Å². The first-order valence-electron chi connectivity index (χ1n) is 5.78. The lowest BCUT2D eigenvalue weighted by atomic mass is 10.1. The van der Waals surface area contributed by atoms with E-state index in [1.54, 1.807) is 6.07 Å². The number of nitro benzene ring substituents is 1. The first kappa shape index (κ1) is 15.4. The van der Waals surface area contributed by atoms with Crippen LogP contribution in [0.2, 0.25) is 0 Å². The Balaban J connectivity index is 2.90. The molecule has 0 aliphatic rings. The monoisotopic (exact) mass is 278 g/mol. The van der Waals surface area contributed by atoms with Crippen molar-refractivity contribution in [2.75, 3.05) is 13.1 Å². The molecule has 20 heavy (non-hydrogen) atoms. The molecule has 0 saturated carbocycles. The summed E-state index contributed by atoms with van der Waals surface area (Å²) in [5, 5.41) is 19.6. The summed E-state index contributed by atoms with van der Waals surface area (Å²) in [5.41, 5.74) is 0.0941. The molecule has 0 aromatic heterocycles. The van der Waals surface area contributed by atoms with Crippen LogP contribution in [0.1, 0.15) is 5.56 Å². The summed E-state index contributed by atoms with van der Waals surface area (Å²) in [6.07, 6.45) is 1.18. The van der Waals surface area contributed by atoms with E-state index < -0.39 is 23.3 Å². The number of rotatable bonds is 7. The molecule has 0 unspecified atom stereocenters. The minimum absolute atomic E-state index is 0.0752. The fraction of sp³-hybridized carbons (Fsp3) is 0.231. The van der Waals surface area contributed by atoms with Gasteiger partial charge in [-0.1, -0.05) is 24.3 Å². The third-order valence-electron chi connectivity index (χ3n) is 2.56. The molecule has 1 aromatic carbocycles. The fourth-order valence-electron chi connectivity index (χ4n) is 1.69. The molecule has 0 bridgehead atoms. The number of amides is 1. The average molecular weight is 278 g/mol. The summed E-state index contributed by atoms with van der Waals surface area (Å²) in [7, 11) is 0. The van der Waals surface area contributed by atoms with Crippen LogP contribution in [0, 0.1) is 10.1 Å². The first-order valence-corrected chi connectivity index (χ1v) is 5.78. The van der Waals surface area contributed by atoms with Crippen LogP contribution in [0.15, 0.2) is 36.9 Å². The molecule has 1 amide bonds. The molecule has 0 spiro atoms. The molecule has 0 radical (unpaired) electrons. The summed E-state index contributed by atoms with van der Waals surface area (Å²) >= 11 is 0. The van der Waals surface area contributed by atoms with E-state index in [1.165, 1.54) is 24.3 Å². The molecular formula is C13H14N2O5. The van der Waals surface area contributed by atoms with Gasteiger partial charge in [-0.15, -0.1) is 6.58 Å². The Morgan fingerprint density at radius 3 is 2.60 bits per heavy atom. The molecular weight excluding hydrogens is 264 g/mol. The maximum absolute atomic E-state index is 12.0. The van der Waals surface area contributed by atoms with E-state index in [2.05, 4.69) is 6.58 Å². The van der Waals surface area contributed by atoms with Crippen LogP contribution in [0.3, 0.4) is 0 Å². The predicted molar refractivity (Wildman–Crippen MR) is 71.2 cm³/mol.